The highest BCUT2D eigenvalue weighted by molar-refractivity contribution is 8.26. The van der Waals surface area contributed by atoms with Crippen molar-refractivity contribution in [3.63, 3.8) is 0 Å². The van der Waals surface area contributed by atoms with E-state index in [4.69, 9.17) is 17.3 Å². The molecule has 1 amide bonds. The van der Waals surface area contributed by atoms with Crippen molar-refractivity contribution >= 4 is 46.3 Å². The molecule has 1 aliphatic heterocycles. The molecular weight excluding hydrogens is 294 g/mol. The van der Waals surface area contributed by atoms with Gasteiger partial charge in [-0.25, -0.2) is 4.79 Å². The summed E-state index contributed by atoms with van der Waals surface area (Å²) in [5.41, 5.74) is 0.886. The van der Waals surface area contributed by atoms with E-state index in [0.717, 1.165) is 17.3 Å². The van der Waals surface area contributed by atoms with E-state index in [1.807, 2.05) is 30.3 Å². The Labute approximate surface area is 126 Å². The number of carboxylic acid groups (broad SMARTS) is 1. The van der Waals surface area contributed by atoms with Crippen LogP contribution in [0.2, 0.25) is 0 Å². The lowest BCUT2D eigenvalue weighted by Gasteiger charge is -2.21. The Morgan fingerprint density at radius 2 is 2.10 bits per heavy atom. The van der Waals surface area contributed by atoms with Gasteiger partial charge >= 0.3 is 5.97 Å². The number of amides is 1. The van der Waals surface area contributed by atoms with Crippen LogP contribution >= 0.6 is 24.0 Å². The Bertz CT molecular complexity index is 583. The summed E-state index contributed by atoms with van der Waals surface area (Å²) in [5.74, 6) is -1.37. The molecular formula is C14H13NO3S2. The van der Waals surface area contributed by atoms with Crippen LogP contribution in [0.3, 0.4) is 0 Å². The predicted molar refractivity (Wildman–Crippen MR) is 83.2 cm³/mol. The number of hydrogen-bond donors (Lipinski definition) is 1. The molecule has 2 rings (SSSR count). The van der Waals surface area contributed by atoms with Crippen molar-refractivity contribution in [1.29, 1.82) is 0 Å². The summed E-state index contributed by atoms with van der Waals surface area (Å²) in [4.78, 5) is 25.2. The van der Waals surface area contributed by atoms with Crippen LogP contribution in [0.1, 0.15) is 18.9 Å². The monoisotopic (exact) mass is 307 g/mol. The number of hydrogen-bond acceptors (Lipinski definition) is 4. The van der Waals surface area contributed by atoms with Gasteiger partial charge in [0.2, 0.25) is 0 Å². The lowest BCUT2D eigenvalue weighted by molar-refractivity contribution is -0.145. The first-order chi connectivity index (χ1) is 9.54. The molecule has 1 saturated heterocycles. The van der Waals surface area contributed by atoms with Crippen LogP contribution < -0.4 is 0 Å². The number of carbonyl (C=O) groups is 2. The number of thiocarbonyl (C=S) groups is 1. The van der Waals surface area contributed by atoms with E-state index in [0.29, 0.717) is 15.6 Å². The van der Waals surface area contributed by atoms with E-state index >= 15 is 0 Å². The minimum absolute atomic E-state index is 0.298. The Hall–Kier alpha value is -1.66. The molecule has 1 aromatic carbocycles. The van der Waals surface area contributed by atoms with Gasteiger partial charge in [-0.15, -0.1) is 0 Å². The normalized spacial score (nSPS) is 18.6. The third-order valence-corrected chi connectivity index (χ3v) is 4.23. The average Bonchev–Trinajstić information content (AvgIpc) is 2.68. The zero-order chi connectivity index (χ0) is 14.7. The summed E-state index contributed by atoms with van der Waals surface area (Å²) in [5, 5.41) is 9.16. The van der Waals surface area contributed by atoms with Crippen molar-refractivity contribution in [2.45, 2.75) is 19.4 Å². The highest BCUT2D eigenvalue weighted by Crippen LogP contribution is 2.34. The minimum atomic E-state index is -1.04. The van der Waals surface area contributed by atoms with Crippen molar-refractivity contribution in [3.05, 3.63) is 40.8 Å². The predicted octanol–water partition coefficient (Wildman–Crippen LogP) is 2.75. The molecule has 1 unspecified atom stereocenters. The summed E-state index contributed by atoms with van der Waals surface area (Å²) in [6.45, 7) is 1.72. The fourth-order valence-corrected chi connectivity index (χ4v) is 3.27. The molecule has 4 nitrogen and oxygen atoms in total. The molecule has 1 aromatic rings. The third kappa shape index (κ3) is 2.91. The number of carbonyl (C=O) groups excluding carboxylic acids is 1. The number of nitrogens with zero attached hydrogens (tertiary/aromatic N) is 1. The first kappa shape index (κ1) is 14.7. The fourth-order valence-electron chi connectivity index (χ4n) is 1.92. The molecule has 0 bridgehead atoms. The van der Waals surface area contributed by atoms with Gasteiger partial charge in [0, 0.05) is 0 Å². The Morgan fingerprint density at radius 1 is 1.45 bits per heavy atom. The Morgan fingerprint density at radius 3 is 2.65 bits per heavy atom. The van der Waals surface area contributed by atoms with Gasteiger partial charge < -0.3 is 5.11 Å². The van der Waals surface area contributed by atoms with Crippen molar-refractivity contribution in [1.82, 2.24) is 4.90 Å². The topological polar surface area (TPSA) is 57.6 Å². The molecule has 0 aliphatic carbocycles. The van der Waals surface area contributed by atoms with Gasteiger partial charge in [-0.2, -0.15) is 0 Å². The molecule has 104 valence electrons. The van der Waals surface area contributed by atoms with Gasteiger partial charge in [0.1, 0.15) is 10.4 Å². The maximum Gasteiger partial charge on any atom is 0.326 e. The lowest BCUT2D eigenvalue weighted by Crippen LogP contribution is -2.43. The van der Waals surface area contributed by atoms with Gasteiger partial charge in [-0.1, -0.05) is 61.2 Å². The zero-order valence-corrected chi connectivity index (χ0v) is 12.4. The summed E-state index contributed by atoms with van der Waals surface area (Å²) in [6.07, 6.45) is 2.05. The number of rotatable bonds is 4. The van der Waals surface area contributed by atoms with Gasteiger partial charge in [0.15, 0.2) is 0 Å². The third-order valence-electron chi connectivity index (χ3n) is 2.90. The molecule has 0 radical (unpaired) electrons. The number of thioether (sulfide) groups is 1. The summed E-state index contributed by atoms with van der Waals surface area (Å²) >= 11 is 6.28. The van der Waals surface area contributed by atoms with Crippen LogP contribution in [-0.2, 0) is 9.59 Å². The molecule has 0 aromatic heterocycles. The molecule has 0 saturated carbocycles. The van der Waals surface area contributed by atoms with Gasteiger partial charge in [0.05, 0.1) is 4.91 Å². The van der Waals surface area contributed by atoms with Crippen molar-refractivity contribution in [2.75, 3.05) is 0 Å². The highest BCUT2D eigenvalue weighted by atomic mass is 32.2. The second-order valence-corrected chi connectivity index (χ2v) is 5.90. The van der Waals surface area contributed by atoms with E-state index in [1.54, 1.807) is 13.0 Å². The lowest BCUT2D eigenvalue weighted by atomic mass is 10.2. The molecule has 1 aliphatic rings. The first-order valence-electron chi connectivity index (χ1n) is 6.09. The number of aliphatic carboxylic acids is 1. The van der Waals surface area contributed by atoms with Crippen molar-refractivity contribution in [2.24, 2.45) is 0 Å². The molecule has 1 fully saturated rings. The maximum absolute atomic E-state index is 12.3. The van der Waals surface area contributed by atoms with Gasteiger partial charge in [-0.3, -0.25) is 9.69 Å². The van der Waals surface area contributed by atoms with Crippen LogP contribution in [0.15, 0.2) is 35.2 Å². The highest BCUT2D eigenvalue weighted by Gasteiger charge is 2.39. The SMILES string of the molecule is CCC(C(=O)O)N1C(=O)C(=Cc2ccccc2)SC1=S. The molecule has 1 N–H and O–H groups in total. The molecule has 6 heteroatoms. The molecule has 20 heavy (non-hydrogen) atoms. The standard InChI is InChI=1S/C14H13NO3S2/c1-2-10(13(17)18)15-12(16)11(20-14(15)19)8-9-6-4-3-5-7-9/h3-8,10H,2H2,1H3,(H,17,18). The van der Waals surface area contributed by atoms with E-state index in [1.165, 1.54) is 4.90 Å². The van der Waals surface area contributed by atoms with Crippen LogP contribution in [-0.4, -0.2) is 32.2 Å². The summed E-state index contributed by atoms with van der Waals surface area (Å²) in [6, 6.07) is 8.49. The fraction of sp³-hybridized carbons (Fsp3) is 0.214. The summed E-state index contributed by atoms with van der Waals surface area (Å²) < 4.78 is 0.298. The van der Waals surface area contributed by atoms with E-state index in [2.05, 4.69) is 0 Å². The van der Waals surface area contributed by atoms with E-state index in [-0.39, 0.29) is 5.91 Å². The zero-order valence-electron chi connectivity index (χ0n) is 10.8. The molecule has 0 spiro atoms. The number of benzene rings is 1. The van der Waals surface area contributed by atoms with Crippen molar-refractivity contribution in [3.8, 4) is 0 Å². The first-order valence-corrected chi connectivity index (χ1v) is 7.32. The maximum atomic E-state index is 12.3. The quantitative estimate of drug-likeness (QED) is 0.684. The minimum Gasteiger partial charge on any atom is -0.480 e. The second-order valence-electron chi connectivity index (χ2n) is 4.22. The Kier molecular flexibility index (Phi) is 4.57. The summed E-state index contributed by atoms with van der Waals surface area (Å²) in [7, 11) is 0. The van der Waals surface area contributed by atoms with Crippen molar-refractivity contribution < 1.29 is 14.7 Å². The van der Waals surface area contributed by atoms with Crippen LogP contribution in [0.4, 0.5) is 0 Å². The van der Waals surface area contributed by atoms with Gasteiger partial charge in [0.25, 0.3) is 5.91 Å². The number of carboxylic acids is 1. The molecule has 1 atom stereocenters. The molecule has 1 heterocycles. The average molecular weight is 307 g/mol. The van der Waals surface area contributed by atoms with Gasteiger partial charge in [-0.05, 0) is 18.1 Å². The second kappa shape index (κ2) is 6.19. The van der Waals surface area contributed by atoms with E-state index in [9.17, 15) is 9.59 Å². The smallest absolute Gasteiger partial charge is 0.326 e. The largest absolute Gasteiger partial charge is 0.480 e. The van der Waals surface area contributed by atoms with Crippen LogP contribution in [0, 0.1) is 0 Å². The van der Waals surface area contributed by atoms with Crippen LogP contribution in [0.25, 0.3) is 6.08 Å². The Balaban J connectivity index is 2.29. The van der Waals surface area contributed by atoms with E-state index < -0.39 is 12.0 Å². The van der Waals surface area contributed by atoms with Crippen LogP contribution in [0.5, 0.6) is 0 Å².